The van der Waals surface area contributed by atoms with Crippen LogP contribution in [0.3, 0.4) is 0 Å². The largest absolute Gasteiger partial charge is 0.481 e. The van der Waals surface area contributed by atoms with E-state index in [0.29, 0.717) is 19.5 Å². The lowest BCUT2D eigenvalue weighted by Crippen LogP contribution is -2.47. The van der Waals surface area contributed by atoms with Crippen LogP contribution in [0.15, 0.2) is 0 Å². The van der Waals surface area contributed by atoms with Gasteiger partial charge in [0.1, 0.15) is 0 Å². The Bertz CT molecular complexity index is 273. The van der Waals surface area contributed by atoms with Crippen LogP contribution in [0.4, 0.5) is 0 Å². The van der Waals surface area contributed by atoms with Crippen molar-refractivity contribution in [3.8, 4) is 0 Å². The number of carboxylic acid groups (broad SMARTS) is 1. The number of hydrogen-bond donors (Lipinski definition) is 2. The molecular weight excluding hydrogens is 240 g/mol. The number of amides is 1. The summed E-state index contributed by atoms with van der Waals surface area (Å²) in [7, 11) is 0. The van der Waals surface area contributed by atoms with Crippen molar-refractivity contribution in [1.82, 2.24) is 4.90 Å². The Hall–Kier alpha value is -0.750. The van der Waals surface area contributed by atoms with Crippen LogP contribution in [0, 0.1) is 0 Å². The van der Waals surface area contributed by atoms with Crippen molar-refractivity contribution in [3.63, 3.8) is 0 Å². The second-order valence-electron chi connectivity index (χ2n) is 4.16. The molecule has 1 amide bonds. The van der Waals surface area contributed by atoms with E-state index >= 15 is 0 Å². The Morgan fingerprint density at radius 3 is 2.82 bits per heavy atom. The van der Waals surface area contributed by atoms with Gasteiger partial charge >= 0.3 is 5.97 Å². The second kappa shape index (κ2) is 7.55. The van der Waals surface area contributed by atoms with Crippen LogP contribution in [0.5, 0.6) is 0 Å². The summed E-state index contributed by atoms with van der Waals surface area (Å²) in [5.74, 6) is 0.871. The number of carboxylic acids is 1. The van der Waals surface area contributed by atoms with E-state index < -0.39 is 5.97 Å². The van der Waals surface area contributed by atoms with Crippen molar-refractivity contribution >= 4 is 23.6 Å². The first-order chi connectivity index (χ1) is 8.15. The van der Waals surface area contributed by atoms with E-state index in [4.69, 9.17) is 10.8 Å². The van der Waals surface area contributed by atoms with Crippen LogP contribution >= 0.6 is 11.8 Å². The molecule has 0 aliphatic carbocycles. The first-order valence-corrected chi connectivity index (χ1v) is 7.09. The summed E-state index contributed by atoms with van der Waals surface area (Å²) in [6, 6.07) is -0.142. The van der Waals surface area contributed by atoms with Gasteiger partial charge < -0.3 is 15.7 Å². The zero-order valence-corrected chi connectivity index (χ0v) is 10.7. The fourth-order valence-electron chi connectivity index (χ4n) is 1.92. The second-order valence-corrected chi connectivity index (χ2v) is 5.31. The number of thioether (sulfide) groups is 1. The number of nitrogens with two attached hydrogens (primary N) is 1. The molecule has 1 rings (SSSR count). The molecule has 1 aliphatic heterocycles. The van der Waals surface area contributed by atoms with Crippen molar-refractivity contribution in [2.45, 2.75) is 31.7 Å². The highest BCUT2D eigenvalue weighted by molar-refractivity contribution is 7.99. The topological polar surface area (TPSA) is 83.6 Å². The fourth-order valence-corrected chi connectivity index (χ4v) is 2.98. The first kappa shape index (κ1) is 14.3. The predicted molar refractivity (Wildman–Crippen MR) is 68.0 cm³/mol. The van der Waals surface area contributed by atoms with Crippen molar-refractivity contribution < 1.29 is 14.7 Å². The minimum Gasteiger partial charge on any atom is -0.481 e. The van der Waals surface area contributed by atoms with Crippen LogP contribution in [0.25, 0.3) is 0 Å². The smallest absolute Gasteiger partial charge is 0.305 e. The van der Waals surface area contributed by atoms with Gasteiger partial charge in [-0.05, 0) is 19.4 Å². The van der Waals surface area contributed by atoms with E-state index in [1.807, 2.05) is 0 Å². The molecule has 0 aromatic heterocycles. The molecule has 0 spiro atoms. The number of carbonyl (C=O) groups excluding carboxylic acids is 1. The molecule has 1 unspecified atom stereocenters. The van der Waals surface area contributed by atoms with Crippen molar-refractivity contribution in [3.05, 3.63) is 0 Å². The van der Waals surface area contributed by atoms with E-state index in [-0.39, 0.29) is 18.4 Å². The zero-order chi connectivity index (χ0) is 12.7. The number of nitrogens with zero attached hydrogens (tertiary/aromatic N) is 1. The molecule has 0 radical (unpaired) electrons. The van der Waals surface area contributed by atoms with Crippen LogP contribution in [0.1, 0.15) is 25.7 Å². The molecule has 5 nitrogen and oxygen atoms in total. The van der Waals surface area contributed by atoms with Crippen LogP contribution in [-0.4, -0.2) is 52.5 Å². The number of carbonyl (C=O) groups is 2. The quantitative estimate of drug-likeness (QED) is 0.681. The SMILES string of the molecule is NCCCCC(=O)N1CCSCC1CC(=O)O. The lowest BCUT2D eigenvalue weighted by molar-refractivity contribution is -0.140. The molecule has 1 atom stereocenters. The molecule has 1 heterocycles. The monoisotopic (exact) mass is 260 g/mol. The maximum absolute atomic E-state index is 11.9. The van der Waals surface area contributed by atoms with Gasteiger partial charge in [-0.1, -0.05) is 0 Å². The standard InChI is InChI=1S/C11H20N2O3S/c12-4-2-1-3-10(14)13-5-6-17-8-9(13)7-11(15)16/h9H,1-8,12H2,(H,15,16). The molecule has 0 saturated carbocycles. The van der Waals surface area contributed by atoms with Crippen LogP contribution < -0.4 is 5.73 Å². The molecule has 98 valence electrons. The molecule has 17 heavy (non-hydrogen) atoms. The average molecular weight is 260 g/mol. The van der Waals surface area contributed by atoms with E-state index in [2.05, 4.69) is 0 Å². The maximum atomic E-state index is 11.9. The van der Waals surface area contributed by atoms with Gasteiger partial charge in [0.2, 0.25) is 5.91 Å². The fraction of sp³-hybridized carbons (Fsp3) is 0.818. The van der Waals surface area contributed by atoms with E-state index in [1.54, 1.807) is 16.7 Å². The Balaban J connectivity index is 2.45. The number of rotatable bonds is 6. The molecule has 0 bridgehead atoms. The van der Waals surface area contributed by atoms with Crippen molar-refractivity contribution in [2.24, 2.45) is 5.73 Å². The highest BCUT2D eigenvalue weighted by atomic mass is 32.2. The lowest BCUT2D eigenvalue weighted by atomic mass is 10.1. The van der Waals surface area contributed by atoms with Crippen molar-refractivity contribution in [2.75, 3.05) is 24.6 Å². The number of hydrogen-bond acceptors (Lipinski definition) is 4. The van der Waals surface area contributed by atoms with Gasteiger partial charge in [-0.2, -0.15) is 11.8 Å². The van der Waals surface area contributed by atoms with Gasteiger partial charge in [-0.25, -0.2) is 0 Å². The average Bonchev–Trinajstić information content (AvgIpc) is 2.29. The summed E-state index contributed by atoms with van der Waals surface area (Å²) in [5, 5.41) is 8.82. The van der Waals surface area contributed by atoms with Gasteiger partial charge in [0.15, 0.2) is 0 Å². The van der Waals surface area contributed by atoms with Crippen molar-refractivity contribution in [1.29, 1.82) is 0 Å². The third kappa shape index (κ3) is 4.95. The molecule has 0 aromatic rings. The summed E-state index contributed by atoms with van der Waals surface area (Å²) in [6.45, 7) is 1.27. The summed E-state index contributed by atoms with van der Waals surface area (Å²) in [4.78, 5) is 24.4. The summed E-state index contributed by atoms with van der Waals surface area (Å²) >= 11 is 1.72. The molecule has 6 heteroatoms. The normalized spacial score (nSPS) is 20.3. The van der Waals surface area contributed by atoms with E-state index in [0.717, 1.165) is 24.3 Å². The predicted octanol–water partition coefficient (Wildman–Crippen LogP) is 0.534. The van der Waals surface area contributed by atoms with Gasteiger partial charge in [0, 0.05) is 24.5 Å². The third-order valence-corrected chi connectivity index (χ3v) is 3.89. The van der Waals surface area contributed by atoms with Gasteiger partial charge in [-0.15, -0.1) is 0 Å². The Morgan fingerprint density at radius 1 is 1.41 bits per heavy atom. The molecular formula is C11H20N2O3S. The number of aliphatic carboxylic acids is 1. The third-order valence-electron chi connectivity index (χ3n) is 2.80. The highest BCUT2D eigenvalue weighted by Gasteiger charge is 2.28. The molecule has 1 aliphatic rings. The zero-order valence-electron chi connectivity index (χ0n) is 9.93. The van der Waals surface area contributed by atoms with Crippen LogP contribution in [-0.2, 0) is 9.59 Å². The minimum absolute atomic E-state index is 0.0512. The minimum atomic E-state index is -0.836. The summed E-state index contributed by atoms with van der Waals surface area (Å²) in [6.07, 6.45) is 2.17. The Labute approximate surface area is 106 Å². The Kier molecular flexibility index (Phi) is 6.36. The van der Waals surface area contributed by atoms with Gasteiger partial charge in [0.05, 0.1) is 12.5 Å². The van der Waals surface area contributed by atoms with Crippen LogP contribution in [0.2, 0.25) is 0 Å². The summed E-state index contributed by atoms with van der Waals surface area (Å²) < 4.78 is 0. The molecule has 0 aromatic carbocycles. The van der Waals surface area contributed by atoms with Gasteiger partial charge in [-0.3, -0.25) is 9.59 Å². The molecule has 3 N–H and O–H groups in total. The number of unbranched alkanes of at least 4 members (excludes halogenated alkanes) is 1. The summed E-state index contributed by atoms with van der Waals surface area (Å²) in [5.41, 5.74) is 5.38. The highest BCUT2D eigenvalue weighted by Crippen LogP contribution is 2.20. The Morgan fingerprint density at radius 2 is 2.18 bits per heavy atom. The van der Waals surface area contributed by atoms with E-state index in [1.165, 1.54) is 0 Å². The molecule has 1 fully saturated rings. The van der Waals surface area contributed by atoms with E-state index in [9.17, 15) is 9.59 Å². The first-order valence-electron chi connectivity index (χ1n) is 5.94. The molecule has 1 saturated heterocycles. The maximum Gasteiger partial charge on any atom is 0.305 e. The lowest BCUT2D eigenvalue weighted by Gasteiger charge is -2.34. The van der Waals surface area contributed by atoms with Gasteiger partial charge in [0.25, 0.3) is 0 Å².